The quantitative estimate of drug-likeness (QED) is 0.789. The molecule has 0 spiro atoms. The Balaban J connectivity index is 2.21. The zero-order valence-corrected chi connectivity index (χ0v) is 12.8. The van der Waals surface area contributed by atoms with Crippen molar-refractivity contribution in [1.82, 2.24) is 4.90 Å². The zero-order valence-electron chi connectivity index (χ0n) is 12.8. The lowest BCUT2D eigenvalue weighted by molar-refractivity contribution is -0.166. The molecule has 1 fully saturated rings. The van der Waals surface area contributed by atoms with E-state index in [0.29, 0.717) is 12.5 Å². The monoisotopic (exact) mass is 275 g/mol. The Morgan fingerprint density at radius 1 is 1.25 bits per heavy atom. The van der Waals surface area contributed by atoms with Crippen LogP contribution >= 0.6 is 0 Å². The van der Waals surface area contributed by atoms with Crippen molar-refractivity contribution >= 4 is 5.97 Å². The molecule has 0 amide bonds. The number of benzene rings is 1. The Kier molecular flexibility index (Phi) is 4.81. The molecular weight excluding hydrogens is 250 g/mol. The third kappa shape index (κ3) is 3.21. The first-order valence-corrected chi connectivity index (χ1v) is 7.51. The van der Waals surface area contributed by atoms with Crippen molar-refractivity contribution in [2.75, 3.05) is 14.1 Å². The van der Waals surface area contributed by atoms with Crippen LogP contribution in [0.3, 0.4) is 0 Å². The number of carbonyl (C=O) groups excluding carboxylic acids is 1. The molecule has 1 aromatic rings. The summed E-state index contributed by atoms with van der Waals surface area (Å²) >= 11 is 0. The summed E-state index contributed by atoms with van der Waals surface area (Å²) in [5, 5.41) is 0. The predicted molar refractivity (Wildman–Crippen MR) is 80.4 cm³/mol. The van der Waals surface area contributed by atoms with Crippen molar-refractivity contribution in [2.24, 2.45) is 0 Å². The second-order valence-corrected chi connectivity index (χ2v) is 5.88. The van der Waals surface area contributed by atoms with E-state index in [1.807, 2.05) is 25.1 Å². The van der Waals surface area contributed by atoms with E-state index in [1.54, 1.807) is 0 Å². The van der Waals surface area contributed by atoms with Crippen LogP contribution in [0.5, 0.6) is 0 Å². The largest absolute Gasteiger partial charge is 0.454 e. The van der Waals surface area contributed by atoms with Gasteiger partial charge in [0, 0.05) is 12.5 Å². The van der Waals surface area contributed by atoms with Gasteiger partial charge in [0.15, 0.2) is 0 Å². The molecule has 0 atom stereocenters. The number of nitrogens with zero attached hydrogens (tertiary/aromatic N) is 1. The summed E-state index contributed by atoms with van der Waals surface area (Å²) in [6.45, 7) is 1.85. The van der Waals surface area contributed by atoms with Gasteiger partial charge < -0.3 is 9.64 Å². The Labute approximate surface area is 121 Å². The van der Waals surface area contributed by atoms with Crippen LogP contribution in [0.4, 0.5) is 0 Å². The average molecular weight is 275 g/mol. The first-order chi connectivity index (χ1) is 9.57. The molecule has 0 radical (unpaired) electrons. The van der Waals surface area contributed by atoms with Crippen LogP contribution in [-0.2, 0) is 15.1 Å². The van der Waals surface area contributed by atoms with Crippen LogP contribution in [0, 0.1) is 0 Å². The Morgan fingerprint density at radius 2 is 1.85 bits per heavy atom. The van der Waals surface area contributed by atoms with Crippen molar-refractivity contribution in [2.45, 2.75) is 50.7 Å². The Morgan fingerprint density at radius 3 is 2.35 bits per heavy atom. The van der Waals surface area contributed by atoms with Gasteiger partial charge in [-0.05, 0) is 45.3 Å². The van der Waals surface area contributed by atoms with Gasteiger partial charge in [-0.25, -0.2) is 0 Å². The maximum absolute atomic E-state index is 11.8. The van der Waals surface area contributed by atoms with Gasteiger partial charge in [0.2, 0.25) is 0 Å². The lowest BCUT2D eigenvalue weighted by Gasteiger charge is -2.41. The standard InChI is InChI=1S/C17H25NO2/c1-4-16(19)20-17(14-8-6-5-7-9-14)12-10-15(11-13-17)18(2)3/h5-9,15H,4,10-13H2,1-3H3/t15-,17+. The van der Waals surface area contributed by atoms with Gasteiger partial charge in [-0.15, -0.1) is 0 Å². The molecule has 3 heteroatoms. The lowest BCUT2D eigenvalue weighted by Crippen LogP contribution is -2.42. The summed E-state index contributed by atoms with van der Waals surface area (Å²) in [6.07, 6.45) is 4.39. The maximum atomic E-state index is 11.8. The maximum Gasteiger partial charge on any atom is 0.306 e. The zero-order chi connectivity index (χ0) is 14.6. The first kappa shape index (κ1) is 15.0. The van der Waals surface area contributed by atoms with Crippen molar-refractivity contribution < 1.29 is 9.53 Å². The van der Waals surface area contributed by atoms with Crippen molar-refractivity contribution in [1.29, 1.82) is 0 Å². The molecule has 1 saturated carbocycles. The number of rotatable bonds is 4. The highest BCUT2D eigenvalue weighted by Gasteiger charge is 2.40. The fraction of sp³-hybridized carbons (Fsp3) is 0.588. The van der Waals surface area contributed by atoms with Crippen LogP contribution in [0.2, 0.25) is 0 Å². The molecule has 1 aromatic carbocycles. The van der Waals surface area contributed by atoms with Crippen molar-refractivity contribution in [3.8, 4) is 0 Å². The summed E-state index contributed by atoms with van der Waals surface area (Å²) in [4.78, 5) is 14.1. The van der Waals surface area contributed by atoms with Crippen molar-refractivity contribution in [3.05, 3.63) is 35.9 Å². The van der Waals surface area contributed by atoms with Gasteiger partial charge in [0.25, 0.3) is 0 Å². The van der Waals surface area contributed by atoms with E-state index >= 15 is 0 Å². The summed E-state index contributed by atoms with van der Waals surface area (Å²) in [5.41, 5.74) is 0.722. The minimum atomic E-state index is -0.416. The molecule has 3 nitrogen and oxygen atoms in total. The number of esters is 1. The minimum absolute atomic E-state index is 0.0999. The molecule has 0 heterocycles. The molecule has 1 aliphatic rings. The number of hydrogen-bond acceptors (Lipinski definition) is 3. The molecule has 0 saturated heterocycles. The van der Waals surface area contributed by atoms with E-state index in [-0.39, 0.29) is 5.97 Å². The van der Waals surface area contributed by atoms with Crippen LogP contribution in [0.15, 0.2) is 30.3 Å². The summed E-state index contributed by atoms with van der Waals surface area (Å²) in [5.74, 6) is -0.0999. The normalized spacial score (nSPS) is 26.5. The highest BCUT2D eigenvalue weighted by Crippen LogP contribution is 2.41. The third-order valence-corrected chi connectivity index (χ3v) is 4.39. The van der Waals surface area contributed by atoms with Crippen LogP contribution in [0.1, 0.15) is 44.6 Å². The van der Waals surface area contributed by atoms with Gasteiger partial charge in [0.1, 0.15) is 5.60 Å². The second-order valence-electron chi connectivity index (χ2n) is 5.88. The highest BCUT2D eigenvalue weighted by molar-refractivity contribution is 5.69. The van der Waals surface area contributed by atoms with E-state index in [1.165, 1.54) is 0 Å². The van der Waals surface area contributed by atoms with E-state index in [4.69, 9.17) is 4.74 Å². The van der Waals surface area contributed by atoms with E-state index in [2.05, 4.69) is 31.1 Å². The Bertz CT molecular complexity index is 434. The molecule has 0 aliphatic heterocycles. The molecular formula is C17H25NO2. The molecule has 0 N–H and O–H groups in total. The molecule has 2 rings (SSSR count). The van der Waals surface area contributed by atoms with Crippen LogP contribution in [-0.4, -0.2) is 31.0 Å². The molecule has 0 unspecified atom stereocenters. The first-order valence-electron chi connectivity index (χ1n) is 7.51. The van der Waals surface area contributed by atoms with Gasteiger partial charge >= 0.3 is 5.97 Å². The second kappa shape index (κ2) is 6.40. The molecule has 0 aromatic heterocycles. The van der Waals surface area contributed by atoms with Gasteiger partial charge in [-0.3, -0.25) is 4.79 Å². The van der Waals surface area contributed by atoms with Gasteiger partial charge in [-0.1, -0.05) is 37.3 Å². The predicted octanol–water partition coefficient (Wildman–Crippen LogP) is 3.34. The van der Waals surface area contributed by atoms with Gasteiger partial charge in [0.05, 0.1) is 0 Å². The SMILES string of the molecule is CCC(=O)O[C@]1(c2ccccc2)CC[C@H](N(C)C)CC1. The summed E-state index contributed by atoms with van der Waals surface area (Å²) in [7, 11) is 4.25. The Hall–Kier alpha value is -1.35. The smallest absolute Gasteiger partial charge is 0.306 e. The van der Waals surface area contributed by atoms with E-state index < -0.39 is 5.60 Å². The van der Waals surface area contributed by atoms with Crippen LogP contribution in [0.25, 0.3) is 0 Å². The highest BCUT2D eigenvalue weighted by atomic mass is 16.6. The fourth-order valence-corrected chi connectivity index (χ4v) is 3.07. The molecule has 20 heavy (non-hydrogen) atoms. The molecule has 1 aliphatic carbocycles. The molecule has 110 valence electrons. The number of hydrogen-bond donors (Lipinski definition) is 0. The van der Waals surface area contributed by atoms with Gasteiger partial charge in [-0.2, -0.15) is 0 Å². The lowest BCUT2D eigenvalue weighted by atomic mass is 9.77. The van der Waals surface area contributed by atoms with Crippen molar-refractivity contribution in [3.63, 3.8) is 0 Å². The van der Waals surface area contributed by atoms with Crippen LogP contribution < -0.4 is 0 Å². The average Bonchev–Trinajstić information content (AvgIpc) is 2.48. The summed E-state index contributed by atoms with van der Waals surface area (Å²) < 4.78 is 5.88. The summed E-state index contributed by atoms with van der Waals surface area (Å²) in [6, 6.07) is 10.8. The number of carbonyl (C=O) groups is 1. The van der Waals surface area contributed by atoms with E-state index in [0.717, 1.165) is 31.2 Å². The molecule has 0 bridgehead atoms. The third-order valence-electron chi connectivity index (χ3n) is 4.39. The minimum Gasteiger partial charge on any atom is -0.454 e. The fourth-order valence-electron chi connectivity index (χ4n) is 3.07. The number of ether oxygens (including phenoxy) is 1. The van der Waals surface area contributed by atoms with E-state index in [9.17, 15) is 4.79 Å². The topological polar surface area (TPSA) is 29.5 Å².